The Hall–Kier alpha value is -2.95. The number of hydrogen-bond donors (Lipinski definition) is 0. The molecule has 24 heavy (non-hydrogen) atoms. The number of aryl methyl sites for hydroxylation is 1. The van der Waals surface area contributed by atoms with E-state index in [1.54, 1.807) is 35.9 Å². The summed E-state index contributed by atoms with van der Waals surface area (Å²) in [5.41, 5.74) is 0.491. The minimum absolute atomic E-state index is 0.00591. The Balaban J connectivity index is 1.68. The lowest BCUT2D eigenvalue weighted by Gasteiger charge is -2.25. The van der Waals surface area contributed by atoms with Gasteiger partial charge < -0.3 is 14.3 Å². The highest BCUT2D eigenvalue weighted by Crippen LogP contribution is 2.30. The second-order valence-electron chi connectivity index (χ2n) is 5.79. The Morgan fingerprint density at radius 1 is 1.54 bits per heavy atom. The number of aromatic nitrogens is 3. The molecule has 124 valence electrons. The fraction of sp³-hybridized carbons (Fsp3) is 0.438. The number of likely N-dealkylation sites (tertiary alicyclic amines) is 1. The SMILES string of the molecule is Cc1nc(C2CCCN2C(=O)CN(C)c2ccc(C#N)cn2)no1. The lowest BCUT2D eigenvalue weighted by Crippen LogP contribution is -2.39. The zero-order valence-electron chi connectivity index (χ0n) is 13.6. The maximum absolute atomic E-state index is 12.7. The second kappa shape index (κ2) is 6.66. The first-order valence-corrected chi connectivity index (χ1v) is 7.75. The van der Waals surface area contributed by atoms with Crippen LogP contribution in [0.2, 0.25) is 0 Å². The molecule has 1 amide bonds. The molecular formula is C16H18N6O2. The van der Waals surface area contributed by atoms with Crippen molar-refractivity contribution >= 4 is 11.7 Å². The molecule has 1 fully saturated rings. The molecule has 0 saturated carbocycles. The van der Waals surface area contributed by atoms with Crippen LogP contribution in [0, 0.1) is 18.3 Å². The van der Waals surface area contributed by atoms with E-state index in [0.717, 1.165) is 12.8 Å². The van der Waals surface area contributed by atoms with Crippen molar-refractivity contribution in [3.05, 3.63) is 35.6 Å². The zero-order chi connectivity index (χ0) is 17.1. The van der Waals surface area contributed by atoms with Crippen LogP contribution in [0.15, 0.2) is 22.9 Å². The number of hydrogen-bond acceptors (Lipinski definition) is 7. The van der Waals surface area contributed by atoms with Crippen molar-refractivity contribution in [1.82, 2.24) is 20.0 Å². The molecule has 0 radical (unpaired) electrons. The summed E-state index contributed by atoms with van der Waals surface area (Å²) in [6, 6.07) is 5.31. The molecule has 0 aliphatic carbocycles. The summed E-state index contributed by atoms with van der Waals surface area (Å²) in [4.78, 5) is 24.7. The Kier molecular flexibility index (Phi) is 4.42. The van der Waals surface area contributed by atoms with Crippen LogP contribution in [-0.4, -0.2) is 46.1 Å². The second-order valence-corrected chi connectivity index (χ2v) is 5.79. The molecular weight excluding hydrogens is 308 g/mol. The van der Waals surface area contributed by atoms with Crippen molar-refractivity contribution in [2.45, 2.75) is 25.8 Å². The summed E-state index contributed by atoms with van der Waals surface area (Å²) in [6.07, 6.45) is 3.25. The summed E-state index contributed by atoms with van der Waals surface area (Å²) in [5.74, 6) is 1.71. The smallest absolute Gasteiger partial charge is 0.242 e. The first kappa shape index (κ1) is 15.9. The molecule has 3 heterocycles. The number of nitrogens with zero attached hydrogens (tertiary/aromatic N) is 6. The Morgan fingerprint density at radius 3 is 3.00 bits per heavy atom. The van der Waals surface area contributed by atoms with E-state index in [0.29, 0.717) is 29.6 Å². The maximum Gasteiger partial charge on any atom is 0.242 e. The lowest BCUT2D eigenvalue weighted by molar-refractivity contribution is -0.130. The third kappa shape index (κ3) is 3.20. The fourth-order valence-corrected chi connectivity index (χ4v) is 2.84. The number of nitriles is 1. The van der Waals surface area contributed by atoms with E-state index in [4.69, 9.17) is 9.78 Å². The van der Waals surface area contributed by atoms with Crippen LogP contribution in [0.25, 0.3) is 0 Å². The van der Waals surface area contributed by atoms with Crippen molar-refractivity contribution < 1.29 is 9.32 Å². The van der Waals surface area contributed by atoms with Crippen molar-refractivity contribution in [3.8, 4) is 6.07 Å². The molecule has 8 nitrogen and oxygen atoms in total. The first-order chi connectivity index (χ1) is 11.6. The van der Waals surface area contributed by atoms with E-state index >= 15 is 0 Å². The van der Waals surface area contributed by atoms with E-state index in [9.17, 15) is 4.79 Å². The monoisotopic (exact) mass is 326 g/mol. The van der Waals surface area contributed by atoms with Gasteiger partial charge in [-0.1, -0.05) is 5.16 Å². The van der Waals surface area contributed by atoms with Crippen LogP contribution in [0.1, 0.15) is 36.2 Å². The predicted molar refractivity (Wildman–Crippen MR) is 84.9 cm³/mol. The van der Waals surface area contributed by atoms with Crippen molar-refractivity contribution in [2.24, 2.45) is 0 Å². The molecule has 1 aliphatic rings. The summed E-state index contributed by atoms with van der Waals surface area (Å²) in [5, 5.41) is 12.8. The first-order valence-electron chi connectivity index (χ1n) is 7.75. The number of pyridine rings is 1. The Morgan fingerprint density at radius 2 is 2.38 bits per heavy atom. The van der Waals surface area contributed by atoms with E-state index in [-0.39, 0.29) is 18.5 Å². The van der Waals surface area contributed by atoms with Crippen LogP contribution < -0.4 is 4.90 Å². The zero-order valence-corrected chi connectivity index (χ0v) is 13.6. The minimum Gasteiger partial charge on any atom is -0.350 e. The molecule has 2 aromatic heterocycles. The van der Waals surface area contributed by atoms with Gasteiger partial charge in [0, 0.05) is 26.7 Å². The van der Waals surface area contributed by atoms with Gasteiger partial charge in [0.1, 0.15) is 11.9 Å². The van der Waals surface area contributed by atoms with Crippen LogP contribution in [0.5, 0.6) is 0 Å². The van der Waals surface area contributed by atoms with Crippen LogP contribution in [-0.2, 0) is 4.79 Å². The number of carbonyl (C=O) groups excluding carboxylic acids is 1. The van der Waals surface area contributed by atoms with Gasteiger partial charge in [0.05, 0.1) is 18.2 Å². The fourth-order valence-electron chi connectivity index (χ4n) is 2.84. The Bertz CT molecular complexity index is 764. The summed E-state index contributed by atoms with van der Waals surface area (Å²) >= 11 is 0. The number of amides is 1. The average molecular weight is 326 g/mol. The molecule has 0 aromatic carbocycles. The van der Waals surface area contributed by atoms with E-state index < -0.39 is 0 Å². The molecule has 0 bridgehead atoms. The molecule has 1 saturated heterocycles. The highest BCUT2D eigenvalue weighted by atomic mass is 16.5. The molecule has 0 N–H and O–H groups in total. The van der Waals surface area contributed by atoms with Crippen LogP contribution in [0.3, 0.4) is 0 Å². The Labute approximate surface area is 139 Å². The summed E-state index contributed by atoms with van der Waals surface area (Å²) in [7, 11) is 1.80. The third-order valence-electron chi connectivity index (χ3n) is 4.05. The number of carbonyl (C=O) groups is 1. The number of rotatable bonds is 4. The van der Waals surface area contributed by atoms with Gasteiger partial charge in [-0.15, -0.1) is 0 Å². The molecule has 1 aliphatic heterocycles. The van der Waals surface area contributed by atoms with Gasteiger partial charge in [-0.05, 0) is 25.0 Å². The molecule has 1 unspecified atom stereocenters. The van der Waals surface area contributed by atoms with Crippen LogP contribution >= 0.6 is 0 Å². The predicted octanol–water partition coefficient (Wildman–Crippen LogP) is 1.44. The van der Waals surface area contributed by atoms with Crippen molar-refractivity contribution in [2.75, 3.05) is 25.0 Å². The molecule has 3 rings (SSSR count). The highest BCUT2D eigenvalue weighted by molar-refractivity contribution is 5.81. The topological polar surface area (TPSA) is 99.2 Å². The molecule has 1 atom stereocenters. The van der Waals surface area contributed by atoms with Gasteiger partial charge >= 0.3 is 0 Å². The third-order valence-corrected chi connectivity index (χ3v) is 4.05. The largest absolute Gasteiger partial charge is 0.350 e. The molecule has 0 spiro atoms. The van der Waals surface area contributed by atoms with Gasteiger partial charge in [0.25, 0.3) is 0 Å². The van der Waals surface area contributed by atoms with Gasteiger partial charge in [0.15, 0.2) is 5.82 Å². The molecule has 8 heteroatoms. The maximum atomic E-state index is 12.7. The van der Waals surface area contributed by atoms with E-state index in [2.05, 4.69) is 15.1 Å². The van der Waals surface area contributed by atoms with Crippen molar-refractivity contribution in [1.29, 1.82) is 5.26 Å². The van der Waals surface area contributed by atoms with Gasteiger partial charge in [-0.2, -0.15) is 10.2 Å². The average Bonchev–Trinajstić information content (AvgIpc) is 3.23. The number of anilines is 1. The standard InChI is InChI=1S/C16H18N6O2/c1-11-19-16(20-24-11)13-4-3-7-22(13)15(23)10-21(2)14-6-5-12(8-17)9-18-14/h5-6,9,13H,3-4,7,10H2,1-2H3. The van der Waals surface area contributed by atoms with E-state index in [1.807, 2.05) is 6.07 Å². The van der Waals surface area contributed by atoms with Crippen LogP contribution in [0.4, 0.5) is 5.82 Å². The van der Waals surface area contributed by atoms with Gasteiger partial charge in [-0.25, -0.2) is 4.98 Å². The normalized spacial score (nSPS) is 16.9. The number of likely N-dealkylation sites (N-methyl/N-ethyl adjacent to an activating group) is 1. The lowest BCUT2D eigenvalue weighted by atomic mass is 10.2. The highest BCUT2D eigenvalue weighted by Gasteiger charge is 2.33. The minimum atomic E-state index is -0.128. The van der Waals surface area contributed by atoms with Gasteiger partial charge in [0.2, 0.25) is 11.8 Å². The van der Waals surface area contributed by atoms with Crippen molar-refractivity contribution in [3.63, 3.8) is 0 Å². The van der Waals surface area contributed by atoms with Gasteiger partial charge in [-0.3, -0.25) is 4.79 Å². The quantitative estimate of drug-likeness (QED) is 0.838. The van der Waals surface area contributed by atoms with E-state index in [1.165, 1.54) is 6.20 Å². The summed E-state index contributed by atoms with van der Waals surface area (Å²) < 4.78 is 5.03. The summed E-state index contributed by atoms with van der Waals surface area (Å²) in [6.45, 7) is 2.62. The molecule has 2 aromatic rings.